The fourth-order valence-corrected chi connectivity index (χ4v) is 1.99. The van der Waals surface area contributed by atoms with Gasteiger partial charge in [0.05, 0.1) is 5.69 Å². The van der Waals surface area contributed by atoms with Crippen LogP contribution in [0.5, 0.6) is 0 Å². The standard InChI is InChI=1S/C8H7BrClN/c9-7-1-2-8-6(5-7)3-4-11(8)10/h1-2,5H,3-4H2. The van der Waals surface area contributed by atoms with E-state index in [-0.39, 0.29) is 0 Å². The van der Waals surface area contributed by atoms with Crippen molar-refractivity contribution in [3.05, 3.63) is 28.2 Å². The van der Waals surface area contributed by atoms with Crippen LogP contribution in [0.25, 0.3) is 0 Å². The molecule has 0 spiro atoms. The Bertz CT molecular complexity index is 287. The summed E-state index contributed by atoms with van der Waals surface area (Å²) >= 11 is 9.34. The van der Waals surface area contributed by atoms with Crippen molar-refractivity contribution < 1.29 is 0 Å². The molecule has 1 aliphatic rings. The van der Waals surface area contributed by atoms with Crippen molar-refractivity contribution in [1.82, 2.24) is 0 Å². The minimum absolute atomic E-state index is 0.924. The predicted molar refractivity (Wildman–Crippen MR) is 51.0 cm³/mol. The molecule has 3 heteroatoms. The lowest BCUT2D eigenvalue weighted by Gasteiger charge is -2.06. The van der Waals surface area contributed by atoms with E-state index in [0.29, 0.717) is 0 Å². The van der Waals surface area contributed by atoms with E-state index < -0.39 is 0 Å². The van der Waals surface area contributed by atoms with E-state index in [1.165, 1.54) is 5.56 Å². The number of fused-ring (bicyclic) bond motifs is 1. The Hall–Kier alpha value is -0.210. The number of hydrogen-bond acceptors (Lipinski definition) is 1. The lowest BCUT2D eigenvalue weighted by atomic mass is 10.2. The molecule has 0 fully saturated rings. The Morgan fingerprint density at radius 2 is 2.27 bits per heavy atom. The topological polar surface area (TPSA) is 3.24 Å². The molecule has 2 rings (SSSR count). The van der Waals surface area contributed by atoms with Gasteiger partial charge in [-0.2, -0.15) is 0 Å². The summed E-state index contributed by atoms with van der Waals surface area (Å²) in [6, 6.07) is 6.18. The molecule has 0 aliphatic carbocycles. The Labute approximate surface area is 79.2 Å². The van der Waals surface area contributed by atoms with E-state index in [1.807, 2.05) is 12.1 Å². The van der Waals surface area contributed by atoms with Crippen LogP contribution in [-0.2, 0) is 6.42 Å². The van der Waals surface area contributed by atoms with Gasteiger partial charge >= 0.3 is 0 Å². The number of halogens is 2. The second kappa shape index (κ2) is 2.68. The average molecular weight is 233 g/mol. The van der Waals surface area contributed by atoms with Gasteiger partial charge in [-0.1, -0.05) is 15.9 Å². The van der Waals surface area contributed by atoms with E-state index in [2.05, 4.69) is 22.0 Å². The molecule has 0 saturated carbocycles. The number of rotatable bonds is 0. The Morgan fingerprint density at radius 3 is 3.09 bits per heavy atom. The molecule has 0 saturated heterocycles. The first-order valence-corrected chi connectivity index (χ1v) is 4.62. The quantitative estimate of drug-likeness (QED) is 0.622. The predicted octanol–water partition coefficient (Wildman–Crippen LogP) is 2.97. The van der Waals surface area contributed by atoms with E-state index >= 15 is 0 Å². The zero-order valence-corrected chi connectivity index (χ0v) is 8.19. The normalized spacial score (nSPS) is 15.3. The van der Waals surface area contributed by atoms with Gasteiger partial charge in [0, 0.05) is 22.8 Å². The summed E-state index contributed by atoms with van der Waals surface area (Å²) in [7, 11) is 0. The van der Waals surface area contributed by atoms with Crippen molar-refractivity contribution in [2.24, 2.45) is 0 Å². The minimum atomic E-state index is 0.924. The Kier molecular flexibility index (Phi) is 1.81. The molecule has 0 aromatic heterocycles. The van der Waals surface area contributed by atoms with E-state index in [4.69, 9.17) is 11.8 Å². The highest BCUT2D eigenvalue weighted by Gasteiger charge is 2.16. The summed E-state index contributed by atoms with van der Waals surface area (Å²) in [5.74, 6) is 0. The van der Waals surface area contributed by atoms with Crippen molar-refractivity contribution in [1.29, 1.82) is 0 Å². The monoisotopic (exact) mass is 231 g/mol. The molecule has 0 bridgehead atoms. The number of hydrogen-bond donors (Lipinski definition) is 0. The first-order valence-electron chi connectivity index (χ1n) is 3.49. The van der Waals surface area contributed by atoms with Crippen LogP contribution in [-0.4, -0.2) is 6.54 Å². The van der Waals surface area contributed by atoms with Crippen LogP contribution < -0.4 is 4.42 Å². The van der Waals surface area contributed by atoms with Gasteiger partial charge in [-0.05, 0) is 30.2 Å². The van der Waals surface area contributed by atoms with Gasteiger partial charge in [0.15, 0.2) is 0 Å². The smallest absolute Gasteiger partial charge is 0.0556 e. The molecular weight excluding hydrogens is 225 g/mol. The molecule has 1 heterocycles. The van der Waals surface area contributed by atoms with Gasteiger partial charge < -0.3 is 0 Å². The van der Waals surface area contributed by atoms with Gasteiger partial charge in [-0.15, -0.1) is 0 Å². The fraction of sp³-hybridized carbons (Fsp3) is 0.250. The van der Waals surface area contributed by atoms with Crippen LogP contribution in [0.4, 0.5) is 5.69 Å². The second-order valence-electron chi connectivity index (χ2n) is 2.61. The zero-order chi connectivity index (χ0) is 7.84. The lowest BCUT2D eigenvalue weighted by molar-refractivity contribution is 1.05. The first kappa shape index (κ1) is 7.44. The van der Waals surface area contributed by atoms with Crippen LogP contribution in [0.15, 0.2) is 22.7 Å². The van der Waals surface area contributed by atoms with Gasteiger partial charge in [-0.25, -0.2) is 0 Å². The molecule has 11 heavy (non-hydrogen) atoms. The van der Waals surface area contributed by atoms with E-state index in [9.17, 15) is 0 Å². The van der Waals surface area contributed by atoms with Crippen LogP contribution >= 0.6 is 27.7 Å². The van der Waals surface area contributed by atoms with Crippen LogP contribution in [0.1, 0.15) is 5.56 Å². The highest BCUT2D eigenvalue weighted by molar-refractivity contribution is 9.10. The summed E-state index contributed by atoms with van der Waals surface area (Å²) < 4.78 is 2.89. The van der Waals surface area contributed by atoms with Crippen LogP contribution in [0.2, 0.25) is 0 Å². The lowest BCUT2D eigenvalue weighted by Crippen LogP contribution is -2.03. The molecule has 0 amide bonds. The fourth-order valence-electron chi connectivity index (χ4n) is 1.33. The molecule has 1 nitrogen and oxygen atoms in total. The number of nitrogens with zero attached hydrogens (tertiary/aromatic N) is 1. The third kappa shape index (κ3) is 1.25. The van der Waals surface area contributed by atoms with Gasteiger partial charge in [0.2, 0.25) is 0 Å². The summed E-state index contributed by atoms with van der Waals surface area (Å²) in [6.07, 6.45) is 1.05. The molecule has 0 N–H and O–H groups in total. The average Bonchev–Trinajstić information content (AvgIpc) is 2.32. The third-order valence-electron chi connectivity index (χ3n) is 1.88. The maximum absolute atomic E-state index is 5.91. The molecule has 0 unspecified atom stereocenters. The van der Waals surface area contributed by atoms with E-state index in [1.54, 1.807) is 4.42 Å². The maximum Gasteiger partial charge on any atom is 0.0556 e. The van der Waals surface area contributed by atoms with Crippen molar-refractivity contribution in [3.8, 4) is 0 Å². The molecule has 0 radical (unpaired) electrons. The highest BCUT2D eigenvalue weighted by Crippen LogP contribution is 2.31. The minimum Gasteiger partial charge on any atom is -0.285 e. The summed E-state index contributed by atoms with van der Waals surface area (Å²) in [5, 5.41) is 0. The molecule has 1 aromatic carbocycles. The summed E-state index contributed by atoms with van der Waals surface area (Å²) in [4.78, 5) is 0. The van der Waals surface area contributed by atoms with Crippen molar-refractivity contribution >= 4 is 33.4 Å². The van der Waals surface area contributed by atoms with Gasteiger partial charge in [0.25, 0.3) is 0 Å². The largest absolute Gasteiger partial charge is 0.285 e. The second-order valence-corrected chi connectivity index (χ2v) is 3.93. The molecule has 1 aromatic rings. The van der Waals surface area contributed by atoms with Crippen molar-refractivity contribution in [3.63, 3.8) is 0 Å². The highest BCUT2D eigenvalue weighted by atomic mass is 79.9. The molecule has 1 aliphatic heterocycles. The summed E-state index contributed by atoms with van der Waals surface area (Å²) in [5.41, 5.74) is 2.48. The summed E-state index contributed by atoms with van der Waals surface area (Å²) in [6.45, 7) is 0.924. The third-order valence-corrected chi connectivity index (χ3v) is 2.72. The maximum atomic E-state index is 5.91. The van der Waals surface area contributed by atoms with Gasteiger partial charge in [-0.3, -0.25) is 4.42 Å². The SMILES string of the molecule is ClN1CCc2cc(Br)ccc21. The molecular formula is C8H7BrClN. The van der Waals surface area contributed by atoms with Crippen molar-refractivity contribution in [2.75, 3.05) is 11.0 Å². The Morgan fingerprint density at radius 1 is 1.45 bits per heavy atom. The number of benzene rings is 1. The zero-order valence-electron chi connectivity index (χ0n) is 5.85. The first-order chi connectivity index (χ1) is 5.27. The molecule has 0 atom stereocenters. The van der Waals surface area contributed by atoms with Crippen LogP contribution in [0.3, 0.4) is 0 Å². The van der Waals surface area contributed by atoms with Gasteiger partial charge in [0.1, 0.15) is 0 Å². The molecule has 58 valence electrons. The van der Waals surface area contributed by atoms with Crippen molar-refractivity contribution in [2.45, 2.75) is 6.42 Å². The number of anilines is 1. The Balaban J connectivity index is 2.50. The van der Waals surface area contributed by atoms with Crippen LogP contribution in [0, 0.1) is 0 Å². The van der Waals surface area contributed by atoms with E-state index in [0.717, 1.165) is 23.1 Å².